The van der Waals surface area contributed by atoms with E-state index in [2.05, 4.69) is 29.1 Å². The van der Waals surface area contributed by atoms with Crippen LogP contribution in [-0.4, -0.2) is 27.7 Å². The minimum atomic E-state index is 0.153. The molecule has 0 radical (unpaired) electrons. The van der Waals surface area contributed by atoms with Crippen LogP contribution < -0.4 is 5.32 Å². The summed E-state index contributed by atoms with van der Waals surface area (Å²) in [5.74, 6) is 0.583. The second-order valence-corrected chi connectivity index (χ2v) is 4.09. The summed E-state index contributed by atoms with van der Waals surface area (Å²) in [4.78, 5) is 7.96. The molecule has 1 unspecified atom stereocenters. The normalized spacial score (nSPS) is 13.1. The molecule has 0 fully saturated rings. The monoisotopic (exact) mass is 209 g/mol. The van der Waals surface area contributed by atoms with Crippen molar-refractivity contribution < 1.29 is 5.11 Å². The van der Waals surface area contributed by atoms with Crippen LogP contribution >= 0.6 is 0 Å². The first-order valence-electron chi connectivity index (χ1n) is 5.31. The first kappa shape index (κ1) is 12.1. The number of nitrogens with zero attached hydrogens (tertiary/aromatic N) is 2. The number of nitrogens with one attached hydrogen (secondary N) is 1. The van der Waals surface area contributed by atoms with E-state index in [0.717, 1.165) is 12.1 Å². The van der Waals surface area contributed by atoms with Gasteiger partial charge < -0.3 is 10.4 Å². The minimum absolute atomic E-state index is 0.153. The molecule has 1 heterocycles. The van der Waals surface area contributed by atoms with Crippen LogP contribution in [0.4, 0.5) is 0 Å². The lowest BCUT2D eigenvalue weighted by molar-refractivity contribution is 0.223. The predicted octanol–water partition coefficient (Wildman–Crippen LogP) is 0.973. The summed E-state index contributed by atoms with van der Waals surface area (Å²) in [6.07, 6.45) is 4.23. The Morgan fingerprint density at radius 2 is 2.27 bits per heavy atom. The van der Waals surface area contributed by atoms with E-state index >= 15 is 0 Å². The van der Waals surface area contributed by atoms with Gasteiger partial charge in [0.05, 0.1) is 12.3 Å². The Labute approximate surface area is 90.8 Å². The zero-order valence-corrected chi connectivity index (χ0v) is 9.35. The largest absolute Gasteiger partial charge is 0.395 e. The lowest BCUT2D eigenvalue weighted by atomic mass is 10.0. The molecule has 2 N–H and O–H groups in total. The highest BCUT2D eigenvalue weighted by molar-refractivity contribution is 4.97. The van der Waals surface area contributed by atoms with Crippen LogP contribution in [-0.2, 0) is 6.54 Å². The molecular formula is C11H19N3O. The molecule has 84 valence electrons. The SMILES string of the molecule is CC(C)CC(CO)NCc1ccncn1. The molecule has 0 bridgehead atoms. The Morgan fingerprint density at radius 3 is 2.80 bits per heavy atom. The fourth-order valence-corrected chi connectivity index (χ4v) is 1.46. The van der Waals surface area contributed by atoms with Crippen molar-refractivity contribution in [2.45, 2.75) is 32.9 Å². The van der Waals surface area contributed by atoms with Gasteiger partial charge in [0.15, 0.2) is 0 Å². The Kier molecular flexibility index (Phi) is 5.21. The van der Waals surface area contributed by atoms with Crippen molar-refractivity contribution in [1.29, 1.82) is 0 Å². The first-order chi connectivity index (χ1) is 7.22. The molecule has 1 aromatic rings. The molecule has 0 saturated heterocycles. The van der Waals surface area contributed by atoms with Gasteiger partial charge in [-0.05, 0) is 18.4 Å². The van der Waals surface area contributed by atoms with Crippen LogP contribution in [0.1, 0.15) is 26.0 Å². The van der Waals surface area contributed by atoms with Crippen molar-refractivity contribution in [1.82, 2.24) is 15.3 Å². The molecule has 1 rings (SSSR count). The smallest absolute Gasteiger partial charge is 0.115 e. The number of rotatable bonds is 6. The molecule has 0 amide bonds. The Morgan fingerprint density at radius 1 is 1.47 bits per heavy atom. The lowest BCUT2D eigenvalue weighted by Crippen LogP contribution is -2.33. The molecule has 15 heavy (non-hydrogen) atoms. The lowest BCUT2D eigenvalue weighted by Gasteiger charge is -2.17. The second kappa shape index (κ2) is 6.48. The van der Waals surface area contributed by atoms with E-state index in [-0.39, 0.29) is 12.6 Å². The predicted molar refractivity (Wildman–Crippen MR) is 59.2 cm³/mol. The summed E-state index contributed by atoms with van der Waals surface area (Å²) in [6, 6.07) is 2.02. The van der Waals surface area contributed by atoms with Crippen LogP contribution in [0.5, 0.6) is 0 Å². The topological polar surface area (TPSA) is 58.0 Å². The highest BCUT2D eigenvalue weighted by Crippen LogP contribution is 2.04. The Balaban J connectivity index is 2.34. The van der Waals surface area contributed by atoms with Crippen molar-refractivity contribution in [3.8, 4) is 0 Å². The summed E-state index contributed by atoms with van der Waals surface area (Å²) in [5.41, 5.74) is 0.951. The number of aliphatic hydroxyl groups excluding tert-OH is 1. The van der Waals surface area contributed by atoms with Gasteiger partial charge in [0.25, 0.3) is 0 Å². The van der Waals surface area contributed by atoms with E-state index in [0.29, 0.717) is 12.5 Å². The Bertz CT molecular complexity index is 264. The van der Waals surface area contributed by atoms with Crippen molar-refractivity contribution >= 4 is 0 Å². The molecule has 0 aromatic carbocycles. The van der Waals surface area contributed by atoms with Gasteiger partial charge in [0.2, 0.25) is 0 Å². The van der Waals surface area contributed by atoms with E-state index in [1.165, 1.54) is 6.33 Å². The summed E-state index contributed by atoms with van der Waals surface area (Å²) in [6.45, 7) is 5.15. The number of hydrogen-bond donors (Lipinski definition) is 2. The molecule has 0 aliphatic carbocycles. The van der Waals surface area contributed by atoms with Crippen molar-refractivity contribution in [2.24, 2.45) is 5.92 Å². The van der Waals surface area contributed by atoms with E-state index in [4.69, 9.17) is 5.11 Å². The maximum absolute atomic E-state index is 9.16. The van der Waals surface area contributed by atoms with Gasteiger partial charge in [-0.2, -0.15) is 0 Å². The maximum atomic E-state index is 9.16. The number of aliphatic hydroxyl groups is 1. The molecule has 4 heteroatoms. The van der Waals surface area contributed by atoms with Crippen LogP contribution in [0.15, 0.2) is 18.6 Å². The van der Waals surface area contributed by atoms with Gasteiger partial charge in [0.1, 0.15) is 6.33 Å². The van der Waals surface area contributed by atoms with Crippen LogP contribution in [0.2, 0.25) is 0 Å². The molecule has 0 aliphatic rings. The maximum Gasteiger partial charge on any atom is 0.115 e. The quantitative estimate of drug-likeness (QED) is 0.733. The summed E-state index contributed by atoms with van der Waals surface area (Å²) >= 11 is 0. The van der Waals surface area contributed by atoms with Crippen molar-refractivity contribution in [3.05, 3.63) is 24.3 Å². The van der Waals surface area contributed by atoms with Crippen LogP contribution in [0, 0.1) is 5.92 Å². The Hall–Kier alpha value is -1.00. The van der Waals surface area contributed by atoms with E-state index in [1.54, 1.807) is 6.20 Å². The minimum Gasteiger partial charge on any atom is -0.395 e. The highest BCUT2D eigenvalue weighted by atomic mass is 16.3. The average Bonchev–Trinajstić information content (AvgIpc) is 2.25. The second-order valence-electron chi connectivity index (χ2n) is 4.09. The third kappa shape index (κ3) is 4.85. The molecule has 4 nitrogen and oxygen atoms in total. The number of aromatic nitrogens is 2. The molecular weight excluding hydrogens is 190 g/mol. The third-order valence-electron chi connectivity index (χ3n) is 2.19. The standard InChI is InChI=1S/C11H19N3O/c1-9(2)5-11(7-15)13-6-10-3-4-12-8-14-10/h3-4,8-9,11,13,15H,5-7H2,1-2H3. The van der Waals surface area contributed by atoms with Gasteiger partial charge >= 0.3 is 0 Å². The van der Waals surface area contributed by atoms with E-state index in [9.17, 15) is 0 Å². The molecule has 1 atom stereocenters. The zero-order valence-electron chi connectivity index (χ0n) is 9.35. The molecule has 0 saturated carbocycles. The zero-order chi connectivity index (χ0) is 11.1. The van der Waals surface area contributed by atoms with Gasteiger partial charge in [-0.1, -0.05) is 13.8 Å². The fraction of sp³-hybridized carbons (Fsp3) is 0.636. The number of hydrogen-bond acceptors (Lipinski definition) is 4. The molecule has 0 spiro atoms. The summed E-state index contributed by atoms with van der Waals surface area (Å²) in [7, 11) is 0. The third-order valence-corrected chi connectivity index (χ3v) is 2.19. The summed E-state index contributed by atoms with van der Waals surface area (Å²) in [5, 5.41) is 12.4. The van der Waals surface area contributed by atoms with E-state index in [1.807, 2.05) is 6.07 Å². The van der Waals surface area contributed by atoms with Gasteiger partial charge in [-0.15, -0.1) is 0 Å². The van der Waals surface area contributed by atoms with Crippen LogP contribution in [0.25, 0.3) is 0 Å². The first-order valence-corrected chi connectivity index (χ1v) is 5.31. The van der Waals surface area contributed by atoms with Crippen molar-refractivity contribution in [2.75, 3.05) is 6.61 Å². The molecule has 1 aromatic heterocycles. The average molecular weight is 209 g/mol. The highest BCUT2D eigenvalue weighted by Gasteiger charge is 2.08. The van der Waals surface area contributed by atoms with Crippen molar-refractivity contribution in [3.63, 3.8) is 0 Å². The van der Waals surface area contributed by atoms with Gasteiger partial charge in [-0.25, -0.2) is 9.97 Å². The molecule has 0 aliphatic heterocycles. The van der Waals surface area contributed by atoms with Gasteiger partial charge in [0, 0.05) is 18.8 Å². The fourth-order valence-electron chi connectivity index (χ4n) is 1.46. The summed E-state index contributed by atoms with van der Waals surface area (Å²) < 4.78 is 0. The van der Waals surface area contributed by atoms with Gasteiger partial charge in [-0.3, -0.25) is 0 Å². The van der Waals surface area contributed by atoms with E-state index < -0.39 is 0 Å². The van der Waals surface area contributed by atoms with Crippen LogP contribution in [0.3, 0.4) is 0 Å².